The van der Waals surface area contributed by atoms with Crippen LogP contribution in [0, 0.1) is 0 Å². The predicted molar refractivity (Wildman–Crippen MR) is 41.4 cm³/mol. The third-order valence-corrected chi connectivity index (χ3v) is 1.51. The average Bonchev–Trinajstić information content (AvgIpc) is 2.47. The molecule has 12 heavy (non-hydrogen) atoms. The van der Waals surface area contributed by atoms with Gasteiger partial charge in [0.25, 0.3) is 5.91 Å². The zero-order chi connectivity index (χ0) is 9.14. The maximum Gasteiger partial charge on any atom is 0.273 e. The summed E-state index contributed by atoms with van der Waals surface area (Å²) in [7, 11) is 1.34. The van der Waals surface area contributed by atoms with E-state index in [1.54, 1.807) is 0 Å². The van der Waals surface area contributed by atoms with Gasteiger partial charge >= 0.3 is 0 Å². The van der Waals surface area contributed by atoms with E-state index in [4.69, 9.17) is 10.5 Å². The molecule has 0 saturated carbocycles. The normalized spacial score (nSPS) is 9.83. The number of carbonyl (C=O) groups is 1. The van der Waals surface area contributed by atoms with Crippen molar-refractivity contribution in [2.24, 2.45) is 5.73 Å². The van der Waals surface area contributed by atoms with Gasteiger partial charge in [-0.1, -0.05) is 0 Å². The first kappa shape index (κ1) is 8.85. The van der Waals surface area contributed by atoms with Crippen molar-refractivity contribution in [3.05, 3.63) is 11.9 Å². The smallest absolute Gasteiger partial charge is 0.273 e. The molecule has 0 saturated heterocycles. The van der Waals surface area contributed by atoms with Crippen molar-refractivity contribution >= 4 is 18.2 Å². The van der Waals surface area contributed by atoms with Gasteiger partial charge in [-0.05, 0) is 0 Å². The number of aromatic nitrogens is 2. The maximum atomic E-state index is 11.9. The fourth-order valence-corrected chi connectivity index (χ4v) is 0.942. The predicted octanol–water partition coefficient (Wildman–Crippen LogP) is 0.371. The number of hydrogen-bond acceptors (Lipinski definition) is 4. The van der Waals surface area contributed by atoms with Gasteiger partial charge in [-0.3, -0.25) is 4.79 Å². The Bertz CT molecular complexity index is 301. The Hall–Kier alpha value is -1.24. The largest absolute Gasteiger partial charge is 0.493 e. The number of carbonyl (C=O) groups excluding carboxylic acids is 1. The van der Waals surface area contributed by atoms with Crippen LogP contribution < -0.4 is 10.5 Å². The summed E-state index contributed by atoms with van der Waals surface area (Å²) in [6.07, 6.45) is 1.23. The van der Waals surface area contributed by atoms with E-state index in [0.29, 0.717) is 0 Å². The molecule has 0 atom stereocenters. The zero-order valence-corrected chi connectivity index (χ0v) is 6.97. The van der Waals surface area contributed by atoms with E-state index in [1.165, 1.54) is 13.3 Å². The summed E-state index contributed by atoms with van der Waals surface area (Å²) in [6.45, 7) is 0. The van der Waals surface area contributed by atoms with Crippen LogP contribution in [0.5, 0.6) is 5.75 Å². The molecule has 7 heteroatoms. The Morgan fingerprint density at radius 2 is 2.58 bits per heavy atom. The van der Waals surface area contributed by atoms with Crippen LogP contribution in [0.25, 0.3) is 0 Å². The Labute approximate surface area is 72.1 Å². The molecule has 0 unspecified atom stereocenters. The SMILES string of the molecule is COc1cn(SF)nc1C(N)=O. The monoisotopic (exact) mass is 191 g/mol. The molecule has 0 aliphatic carbocycles. The highest BCUT2D eigenvalue weighted by molar-refractivity contribution is 7.92. The molecule has 1 rings (SSSR count). The second-order valence-corrected chi connectivity index (χ2v) is 2.39. The van der Waals surface area contributed by atoms with E-state index in [1.807, 2.05) is 0 Å². The highest BCUT2D eigenvalue weighted by Crippen LogP contribution is 2.19. The summed E-state index contributed by atoms with van der Waals surface area (Å²) < 4.78 is 17.5. The lowest BCUT2D eigenvalue weighted by Crippen LogP contribution is -2.12. The zero-order valence-electron chi connectivity index (χ0n) is 6.15. The quantitative estimate of drug-likeness (QED) is 0.749. The van der Waals surface area contributed by atoms with E-state index >= 15 is 0 Å². The van der Waals surface area contributed by atoms with Gasteiger partial charge in [0.2, 0.25) is 0 Å². The highest BCUT2D eigenvalue weighted by Gasteiger charge is 2.14. The lowest BCUT2D eigenvalue weighted by atomic mass is 10.4. The van der Waals surface area contributed by atoms with Gasteiger partial charge in [0.15, 0.2) is 23.8 Å². The summed E-state index contributed by atoms with van der Waals surface area (Å²) in [6, 6.07) is 0. The second kappa shape index (κ2) is 3.44. The molecule has 0 aliphatic heterocycles. The topological polar surface area (TPSA) is 70.1 Å². The molecule has 1 aromatic heterocycles. The molecular formula is C5H6FN3O2S. The molecule has 1 heterocycles. The summed E-state index contributed by atoms with van der Waals surface area (Å²) in [5, 5.41) is 3.50. The van der Waals surface area contributed by atoms with Crippen molar-refractivity contribution < 1.29 is 13.4 Å². The fourth-order valence-electron chi connectivity index (χ4n) is 0.694. The van der Waals surface area contributed by atoms with Crippen molar-refractivity contribution in [3.8, 4) is 5.75 Å². The van der Waals surface area contributed by atoms with Gasteiger partial charge in [-0.15, -0.1) is 3.89 Å². The van der Waals surface area contributed by atoms with Crippen molar-refractivity contribution in [2.45, 2.75) is 0 Å². The Kier molecular flexibility index (Phi) is 2.54. The molecule has 0 bridgehead atoms. The Morgan fingerprint density at radius 3 is 2.92 bits per heavy atom. The molecule has 0 aliphatic rings. The van der Waals surface area contributed by atoms with E-state index < -0.39 is 5.91 Å². The molecule has 5 nitrogen and oxygen atoms in total. The van der Waals surface area contributed by atoms with Crippen LogP contribution in [-0.2, 0) is 0 Å². The van der Waals surface area contributed by atoms with Crippen LogP contribution >= 0.6 is 12.3 Å². The molecule has 0 radical (unpaired) electrons. The summed E-state index contributed by atoms with van der Waals surface area (Å²) in [5.74, 6) is -0.590. The first-order chi connectivity index (χ1) is 5.69. The number of nitrogens with two attached hydrogens (primary N) is 1. The van der Waals surface area contributed by atoms with Gasteiger partial charge in [0.05, 0.1) is 13.3 Å². The van der Waals surface area contributed by atoms with Gasteiger partial charge < -0.3 is 10.5 Å². The van der Waals surface area contributed by atoms with Gasteiger partial charge in [0.1, 0.15) is 0 Å². The summed E-state index contributed by atoms with van der Waals surface area (Å²) in [5.41, 5.74) is 4.85. The number of primary amides is 1. The van der Waals surface area contributed by atoms with Crippen molar-refractivity contribution in [3.63, 3.8) is 0 Å². The van der Waals surface area contributed by atoms with Crippen LogP contribution in [0.4, 0.5) is 3.89 Å². The molecule has 1 amide bonds. The highest BCUT2D eigenvalue weighted by atomic mass is 32.2. The second-order valence-electron chi connectivity index (χ2n) is 1.88. The minimum atomic E-state index is -0.750. The minimum Gasteiger partial charge on any atom is -0.493 e. The third-order valence-electron chi connectivity index (χ3n) is 1.18. The molecule has 1 aromatic rings. The first-order valence-corrected chi connectivity index (χ1v) is 3.59. The molecule has 0 aromatic carbocycles. The van der Waals surface area contributed by atoms with E-state index in [-0.39, 0.29) is 23.8 Å². The maximum absolute atomic E-state index is 11.9. The number of hydrogen-bond donors (Lipinski definition) is 1. The number of methoxy groups -OCH3 is 1. The lowest BCUT2D eigenvalue weighted by molar-refractivity contribution is 0.0992. The van der Waals surface area contributed by atoms with Crippen LogP contribution in [0.15, 0.2) is 6.20 Å². The average molecular weight is 191 g/mol. The van der Waals surface area contributed by atoms with E-state index in [2.05, 4.69) is 5.10 Å². The standard InChI is InChI=1S/C5H6FN3O2S/c1-11-3-2-9(12-6)8-4(3)5(7)10/h2H,1H3,(H2,7,10). The van der Waals surface area contributed by atoms with Crippen LogP contribution in [0.2, 0.25) is 0 Å². The van der Waals surface area contributed by atoms with E-state index in [9.17, 15) is 8.68 Å². The number of amides is 1. The number of nitrogens with zero attached hydrogens (tertiary/aromatic N) is 2. The summed E-state index contributed by atoms with van der Waals surface area (Å²) in [4.78, 5) is 10.6. The number of halogens is 1. The van der Waals surface area contributed by atoms with Crippen molar-refractivity contribution in [1.29, 1.82) is 0 Å². The van der Waals surface area contributed by atoms with Crippen LogP contribution in [0.1, 0.15) is 10.5 Å². The molecule has 2 N–H and O–H groups in total. The number of ether oxygens (including phenoxy) is 1. The van der Waals surface area contributed by atoms with E-state index in [0.717, 1.165) is 4.09 Å². The lowest BCUT2D eigenvalue weighted by Gasteiger charge is -1.93. The Balaban J connectivity index is 3.08. The van der Waals surface area contributed by atoms with Crippen molar-refractivity contribution in [1.82, 2.24) is 9.19 Å². The molecule has 66 valence electrons. The van der Waals surface area contributed by atoms with Gasteiger partial charge in [-0.25, -0.2) is 0 Å². The molecule has 0 fully saturated rings. The first-order valence-electron chi connectivity index (χ1n) is 2.91. The van der Waals surface area contributed by atoms with Gasteiger partial charge in [-0.2, -0.15) is 9.19 Å². The summed E-state index contributed by atoms with van der Waals surface area (Å²) >= 11 is -0.146. The van der Waals surface area contributed by atoms with Crippen molar-refractivity contribution in [2.75, 3.05) is 7.11 Å². The molecule has 0 spiro atoms. The Morgan fingerprint density at radius 1 is 1.92 bits per heavy atom. The van der Waals surface area contributed by atoms with Gasteiger partial charge in [0, 0.05) is 0 Å². The third kappa shape index (κ3) is 1.50. The fraction of sp³-hybridized carbons (Fsp3) is 0.200. The van der Waals surface area contributed by atoms with Crippen LogP contribution in [0.3, 0.4) is 0 Å². The minimum absolute atomic E-state index is 0.0809. The van der Waals surface area contributed by atoms with Crippen LogP contribution in [-0.4, -0.2) is 22.2 Å². The number of rotatable bonds is 3. The molecular weight excluding hydrogens is 185 g/mol.